The van der Waals surface area contributed by atoms with E-state index in [2.05, 4.69) is 0 Å². The lowest BCUT2D eigenvalue weighted by molar-refractivity contribution is -0.133. The smallest absolute Gasteiger partial charge is 0.336 e. The molecule has 0 spiro atoms. The maximum atomic E-state index is 15.3. The number of nitrogens with two attached hydrogens (primary N) is 1. The van der Waals surface area contributed by atoms with Crippen LogP contribution in [0.5, 0.6) is 5.75 Å². The number of ether oxygens (including phenoxy) is 2. The van der Waals surface area contributed by atoms with Crippen molar-refractivity contribution in [2.24, 2.45) is 11.7 Å². The fourth-order valence-corrected chi connectivity index (χ4v) is 5.85. The molecule has 0 radical (unpaired) electrons. The summed E-state index contributed by atoms with van der Waals surface area (Å²) in [6.45, 7) is 0.759. The second kappa shape index (κ2) is 8.01. The molecule has 2 aliphatic heterocycles. The summed E-state index contributed by atoms with van der Waals surface area (Å²) in [4.78, 5) is 13.5. The lowest BCUT2D eigenvalue weighted by Gasteiger charge is -2.35. The van der Waals surface area contributed by atoms with Gasteiger partial charge in [-0.25, -0.2) is 9.18 Å². The van der Waals surface area contributed by atoms with Gasteiger partial charge in [-0.05, 0) is 63.4 Å². The number of nitrogens with zero attached hydrogens (tertiary/aromatic N) is 1. The van der Waals surface area contributed by atoms with E-state index in [4.69, 9.17) is 15.2 Å². The summed E-state index contributed by atoms with van der Waals surface area (Å²) >= 11 is 0. The Balaban J connectivity index is 1.44. The molecule has 174 valence electrons. The molecule has 1 aromatic rings. The minimum atomic E-state index is -1.40. The van der Waals surface area contributed by atoms with E-state index < -0.39 is 17.9 Å². The van der Waals surface area contributed by atoms with Gasteiger partial charge in [0.1, 0.15) is 17.7 Å². The second-order valence-corrected chi connectivity index (χ2v) is 9.78. The molecule has 4 aliphatic rings. The number of aliphatic carboxylic acids is 1. The zero-order valence-corrected chi connectivity index (χ0v) is 18.3. The number of methoxy groups -OCH3 is 1. The highest BCUT2D eigenvalue weighted by atomic mass is 19.1. The van der Waals surface area contributed by atoms with Gasteiger partial charge in [-0.1, -0.05) is 0 Å². The molecule has 32 heavy (non-hydrogen) atoms. The molecule has 0 amide bonds. The molecule has 7 nitrogen and oxygen atoms in total. The van der Waals surface area contributed by atoms with Crippen molar-refractivity contribution in [1.82, 2.24) is 0 Å². The fraction of sp³-hybridized carbons (Fsp3) is 0.625. The van der Waals surface area contributed by atoms with Gasteiger partial charge in [-0.3, -0.25) is 0 Å². The number of hydrogen-bond acceptors (Lipinski definition) is 6. The third kappa shape index (κ3) is 3.58. The van der Waals surface area contributed by atoms with Crippen LogP contribution in [0, 0.1) is 11.7 Å². The van der Waals surface area contributed by atoms with Crippen molar-refractivity contribution in [3.8, 4) is 5.75 Å². The van der Waals surface area contributed by atoms with E-state index in [-0.39, 0.29) is 28.8 Å². The van der Waals surface area contributed by atoms with Crippen molar-refractivity contribution in [3.05, 3.63) is 34.8 Å². The monoisotopic (exact) mass is 446 g/mol. The van der Waals surface area contributed by atoms with Crippen LogP contribution in [0.25, 0.3) is 0 Å². The number of hydrogen-bond donors (Lipinski definition) is 3. The SMILES string of the molecule is COc1c(CCC2CC3OCCCC3(N)C2)c(F)cc2c1N(C1CC1)C=C(C(=O)O)C2O. The third-order valence-corrected chi connectivity index (χ3v) is 7.62. The minimum Gasteiger partial charge on any atom is -0.494 e. The standard InChI is InChI=1S/C24H31FN2O5/c1-31-22-15(6-3-13-9-19-24(26,11-13)7-2-8-32-19)18(25)10-16-20(22)27(14-4-5-14)12-17(21(16)28)23(29)30/h10,12-14,19,21,28H,2-9,11,26H2,1H3,(H,29,30). The first-order valence-electron chi connectivity index (χ1n) is 11.5. The van der Waals surface area contributed by atoms with Gasteiger partial charge in [0, 0.05) is 35.5 Å². The first kappa shape index (κ1) is 21.7. The molecule has 3 fully saturated rings. The zero-order chi connectivity index (χ0) is 22.6. The number of aliphatic hydroxyl groups excluding tert-OH is 1. The van der Waals surface area contributed by atoms with Gasteiger partial charge >= 0.3 is 5.97 Å². The highest BCUT2D eigenvalue weighted by Gasteiger charge is 2.46. The summed E-state index contributed by atoms with van der Waals surface area (Å²) in [5.41, 5.74) is 7.48. The Morgan fingerprint density at radius 1 is 1.44 bits per heavy atom. The molecule has 0 bridgehead atoms. The quantitative estimate of drug-likeness (QED) is 0.617. The van der Waals surface area contributed by atoms with Crippen molar-refractivity contribution in [1.29, 1.82) is 0 Å². The topological polar surface area (TPSA) is 105 Å². The average Bonchev–Trinajstić information content (AvgIpc) is 3.53. The lowest BCUT2D eigenvalue weighted by Crippen LogP contribution is -2.50. The van der Waals surface area contributed by atoms with Gasteiger partial charge in [0.25, 0.3) is 0 Å². The van der Waals surface area contributed by atoms with Crippen LogP contribution in [0.3, 0.4) is 0 Å². The number of carboxylic acid groups (broad SMARTS) is 1. The third-order valence-electron chi connectivity index (χ3n) is 7.62. The molecule has 1 aromatic carbocycles. The van der Waals surface area contributed by atoms with E-state index >= 15 is 4.39 Å². The highest BCUT2D eigenvalue weighted by Crippen LogP contribution is 2.50. The number of fused-ring (bicyclic) bond motifs is 2. The lowest BCUT2D eigenvalue weighted by atomic mass is 9.87. The van der Waals surface area contributed by atoms with E-state index in [9.17, 15) is 15.0 Å². The van der Waals surface area contributed by atoms with Gasteiger partial charge in [0.15, 0.2) is 0 Å². The van der Waals surface area contributed by atoms with E-state index in [1.165, 1.54) is 19.4 Å². The van der Waals surface area contributed by atoms with Crippen LogP contribution in [-0.4, -0.2) is 47.6 Å². The first-order valence-corrected chi connectivity index (χ1v) is 11.5. The number of carboxylic acids is 1. The Morgan fingerprint density at radius 2 is 2.22 bits per heavy atom. The normalized spacial score (nSPS) is 31.7. The summed E-state index contributed by atoms with van der Waals surface area (Å²) in [7, 11) is 1.50. The Morgan fingerprint density at radius 3 is 2.88 bits per heavy atom. The predicted molar refractivity (Wildman–Crippen MR) is 116 cm³/mol. The Bertz CT molecular complexity index is 962. The average molecular weight is 447 g/mol. The number of rotatable bonds is 6. The van der Waals surface area contributed by atoms with Gasteiger partial charge in [-0.2, -0.15) is 0 Å². The maximum absolute atomic E-state index is 15.3. The molecule has 4 unspecified atom stereocenters. The molecule has 5 rings (SSSR count). The van der Waals surface area contributed by atoms with Crippen molar-refractivity contribution < 1.29 is 28.9 Å². The van der Waals surface area contributed by atoms with Gasteiger partial charge in [-0.15, -0.1) is 0 Å². The number of aliphatic hydroxyl groups is 1. The number of carbonyl (C=O) groups is 1. The van der Waals surface area contributed by atoms with E-state index in [0.29, 0.717) is 29.3 Å². The summed E-state index contributed by atoms with van der Waals surface area (Å²) in [5.74, 6) is -0.943. The van der Waals surface area contributed by atoms with Crippen LogP contribution >= 0.6 is 0 Å². The van der Waals surface area contributed by atoms with Crippen molar-refractivity contribution >= 4 is 11.7 Å². The van der Waals surface area contributed by atoms with E-state index in [1.54, 1.807) is 0 Å². The molecule has 4 N–H and O–H groups in total. The fourth-order valence-electron chi connectivity index (χ4n) is 5.85. The maximum Gasteiger partial charge on any atom is 0.336 e. The molecule has 4 atom stereocenters. The van der Waals surface area contributed by atoms with E-state index in [1.807, 2.05) is 4.90 Å². The zero-order valence-electron chi connectivity index (χ0n) is 18.3. The highest BCUT2D eigenvalue weighted by molar-refractivity contribution is 5.91. The molecular formula is C24H31FN2O5. The van der Waals surface area contributed by atoms with Crippen molar-refractivity contribution in [3.63, 3.8) is 0 Å². The van der Waals surface area contributed by atoms with Gasteiger partial charge < -0.3 is 30.3 Å². The molecule has 2 aliphatic carbocycles. The molecule has 8 heteroatoms. The summed E-state index contributed by atoms with van der Waals surface area (Å²) in [5, 5.41) is 20.2. The van der Waals surface area contributed by atoms with Gasteiger partial charge in [0.2, 0.25) is 0 Å². The van der Waals surface area contributed by atoms with E-state index in [0.717, 1.165) is 51.6 Å². The first-order chi connectivity index (χ1) is 15.3. The Kier molecular flexibility index (Phi) is 5.42. The summed E-state index contributed by atoms with van der Waals surface area (Å²) < 4.78 is 26.9. The van der Waals surface area contributed by atoms with Crippen LogP contribution in [0.2, 0.25) is 0 Å². The Labute approximate surface area is 187 Å². The second-order valence-electron chi connectivity index (χ2n) is 9.78. The molecule has 2 heterocycles. The molecule has 2 saturated carbocycles. The van der Waals surface area contributed by atoms with Crippen LogP contribution in [0.4, 0.5) is 10.1 Å². The molecule has 1 saturated heterocycles. The predicted octanol–water partition coefficient (Wildman–Crippen LogP) is 3.04. The molecular weight excluding hydrogens is 415 g/mol. The summed E-state index contributed by atoms with van der Waals surface area (Å²) in [6, 6.07) is 1.42. The number of benzene rings is 1. The summed E-state index contributed by atoms with van der Waals surface area (Å²) in [6.07, 6.45) is 6.97. The van der Waals surface area contributed by atoms with Gasteiger partial charge in [0.05, 0.1) is 24.5 Å². The van der Waals surface area contributed by atoms with Crippen molar-refractivity contribution in [2.45, 2.75) is 75.2 Å². The van der Waals surface area contributed by atoms with Crippen molar-refractivity contribution in [2.75, 3.05) is 18.6 Å². The number of anilines is 1. The van der Waals surface area contributed by atoms with Crippen LogP contribution in [-0.2, 0) is 16.0 Å². The Hall–Kier alpha value is -2.16. The number of halogens is 1. The van der Waals surface area contributed by atoms with Crippen LogP contribution in [0.1, 0.15) is 62.2 Å². The minimum absolute atomic E-state index is 0.0802. The molecule has 0 aromatic heterocycles. The van der Waals surface area contributed by atoms with Crippen LogP contribution in [0.15, 0.2) is 17.8 Å². The largest absolute Gasteiger partial charge is 0.494 e. The van der Waals surface area contributed by atoms with Crippen LogP contribution < -0.4 is 15.4 Å².